The first-order chi connectivity index (χ1) is 12.3. The van der Waals surface area contributed by atoms with E-state index in [0.717, 1.165) is 6.42 Å². The Kier molecular flexibility index (Phi) is 4.38. The van der Waals surface area contributed by atoms with Crippen LogP contribution in [0.2, 0.25) is 0 Å². The minimum atomic E-state index is -2.13. The molecule has 1 atom stereocenters. The zero-order valence-corrected chi connectivity index (χ0v) is 14.8. The second kappa shape index (κ2) is 6.82. The maximum atomic E-state index is 12.7. The molecule has 0 N–H and O–H groups in total. The van der Waals surface area contributed by atoms with Gasteiger partial charge in [0.25, 0.3) is 0 Å². The summed E-state index contributed by atoms with van der Waals surface area (Å²) in [4.78, 5) is 12.7. The van der Waals surface area contributed by atoms with E-state index < -0.39 is 7.26 Å². The normalized spacial score (nSPS) is 17.3. The van der Waals surface area contributed by atoms with Crippen molar-refractivity contribution < 1.29 is 9.53 Å². The van der Waals surface area contributed by atoms with Gasteiger partial charge >= 0.3 is 5.97 Å². The molecule has 25 heavy (non-hydrogen) atoms. The Labute approximate surface area is 148 Å². The fourth-order valence-electron chi connectivity index (χ4n) is 3.81. The van der Waals surface area contributed by atoms with E-state index in [4.69, 9.17) is 4.74 Å². The van der Waals surface area contributed by atoms with Gasteiger partial charge in [-0.1, -0.05) is 54.6 Å². The molecular formula is C22H20O2P+. The summed E-state index contributed by atoms with van der Waals surface area (Å²) in [6.45, 7) is 0.512. The molecule has 2 nitrogen and oxygen atoms in total. The molecule has 1 heterocycles. The van der Waals surface area contributed by atoms with Crippen molar-refractivity contribution in [2.24, 2.45) is 0 Å². The maximum absolute atomic E-state index is 12.7. The third-order valence-electron chi connectivity index (χ3n) is 4.87. The smallest absolute Gasteiger partial charge is 0.348 e. The molecular weight excluding hydrogens is 327 g/mol. The summed E-state index contributed by atoms with van der Waals surface area (Å²) in [6, 6.07) is 31.5. The molecule has 0 amide bonds. The number of hydrogen-bond acceptors (Lipinski definition) is 2. The second-order valence-corrected chi connectivity index (χ2v) is 9.82. The number of cyclic esters (lactones) is 1. The SMILES string of the molecule is O=C1OCC[C@H]1[P+](c1ccccc1)(c1ccccc1)c1ccccc1. The number of carbonyl (C=O) groups is 1. The number of rotatable bonds is 4. The molecule has 0 bridgehead atoms. The first-order valence-corrected chi connectivity index (χ1v) is 10.4. The number of carbonyl (C=O) groups excluding carboxylic acids is 1. The molecule has 0 aliphatic carbocycles. The summed E-state index contributed by atoms with van der Waals surface area (Å²) < 4.78 is 5.42. The van der Waals surface area contributed by atoms with Crippen molar-refractivity contribution in [3.63, 3.8) is 0 Å². The Balaban J connectivity index is 2.06. The van der Waals surface area contributed by atoms with E-state index in [0.29, 0.717) is 6.61 Å². The number of hydrogen-bond donors (Lipinski definition) is 0. The van der Waals surface area contributed by atoms with Crippen LogP contribution in [0.5, 0.6) is 0 Å². The Bertz CT molecular complexity index is 750. The summed E-state index contributed by atoms with van der Waals surface area (Å²) in [7, 11) is -2.13. The summed E-state index contributed by atoms with van der Waals surface area (Å²) in [6.07, 6.45) is 0.769. The zero-order chi connectivity index (χ0) is 17.1. The molecule has 3 aromatic rings. The highest BCUT2D eigenvalue weighted by Gasteiger charge is 2.57. The Morgan fingerprint density at radius 1 is 0.680 bits per heavy atom. The number of esters is 1. The lowest BCUT2D eigenvalue weighted by atomic mass is 10.3. The highest BCUT2D eigenvalue weighted by molar-refractivity contribution is 7.96. The molecule has 124 valence electrons. The van der Waals surface area contributed by atoms with Gasteiger partial charge in [-0.05, 0) is 36.4 Å². The van der Waals surface area contributed by atoms with Gasteiger partial charge in [0, 0.05) is 6.42 Å². The van der Waals surface area contributed by atoms with Gasteiger partial charge in [-0.3, -0.25) is 0 Å². The molecule has 1 fully saturated rings. The van der Waals surface area contributed by atoms with Crippen molar-refractivity contribution in [1.29, 1.82) is 0 Å². The monoisotopic (exact) mass is 347 g/mol. The van der Waals surface area contributed by atoms with E-state index in [2.05, 4.69) is 72.8 Å². The third kappa shape index (κ3) is 2.67. The van der Waals surface area contributed by atoms with Crippen LogP contribution in [0.4, 0.5) is 0 Å². The largest absolute Gasteiger partial charge is 0.463 e. The van der Waals surface area contributed by atoms with Crippen LogP contribution < -0.4 is 15.9 Å². The molecule has 0 saturated carbocycles. The fraction of sp³-hybridized carbons (Fsp3) is 0.136. The average Bonchev–Trinajstić information content (AvgIpc) is 3.12. The van der Waals surface area contributed by atoms with Crippen molar-refractivity contribution >= 4 is 29.1 Å². The summed E-state index contributed by atoms with van der Waals surface area (Å²) in [5.41, 5.74) is -0.125. The first-order valence-electron chi connectivity index (χ1n) is 8.55. The summed E-state index contributed by atoms with van der Waals surface area (Å²) >= 11 is 0. The fourth-order valence-corrected chi connectivity index (χ4v) is 8.60. The topological polar surface area (TPSA) is 26.3 Å². The van der Waals surface area contributed by atoms with Crippen molar-refractivity contribution in [1.82, 2.24) is 0 Å². The molecule has 4 rings (SSSR count). The molecule has 1 aliphatic rings. The summed E-state index contributed by atoms with van der Waals surface area (Å²) in [5.74, 6) is -0.0649. The quantitative estimate of drug-likeness (QED) is 0.535. The Morgan fingerprint density at radius 2 is 1.08 bits per heavy atom. The van der Waals surface area contributed by atoms with Gasteiger partial charge in [0.05, 0.1) is 6.61 Å². The van der Waals surface area contributed by atoms with Crippen molar-refractivity contribution in [2.75, 3.05) is 6.61 Å². The van der Waals surface area contributed by atoms with Crippen LogP contribution in [-0.4, -0.2) is 18.2 Å². The van der Waals surface area contributed by atoms with Gasteiger partial charge in [0.15, 0.2) is 5.66 Å². The van der Waals surface area contributed by atoms with E-state index in [-0.39, 0.29) is 11.6 Å². The van der Waals surface area contributed by atoms with Crippen LogP contribution in [0.3, 0.4) is 0 Å². The van der Waals surface area contributed by atoms with E-state index in [1.165, 1.54) is 15.9 Å². The van der Waals surface area contributed by atoms with Gasteiger partial charge in [-0.15, -0.1) is 0 Å². The lowest BCUT2D eigenvalue weighted by Crippen LogP contribution is -2.40. The predicted molar refractivity (Wildman–Crippen MR) is 105 cm³/mol. The van der Waals surface area contributed by atoms with Crippen molar-refractivity contribution in [2.45, 2.75) is 12.1 Å². The van der Waals surface area contributed by atoms with Crippen LogP contribution in [0.15, 0.2) is 91.0 Å². The zero-order valence-electron chi connectivity index (χ0n) is 13.9. The minimum Gasteiger partial charge on any atom is -0.463 e. The highest BCUT2D eigenvalue weighted by Crippen LogP contribution is 2.61. The standard InChI is InChI=1S/C22H20O2P/c23-22-21(16-17-24-22)25(18-10-4-1-5-11-18,19-12-6-2-7-13-19)20-14-8-3-9-15-20/h1-15,21H,16-17H2/q+1/t21-/m1/s1. The van der Waals surface area contributed by atoms with Crippen molar-refractivity contribution in [3.05, 3.63) is 91.0 Å². The van der Waals surface area contributed by atoms with Crippen LogP contribution in [0.25, 0.3) is 0 Å². The molecule has 0 spiro atoms. The van der Waals surface area contributed by atoms with Gasteiger partial charge in [-0.25, -0.2) is 4.79 Å². The van der Waals surface area contributed by atoms with Crippen LogP contribution in [-0.2, 0) is 9.53 Å². The van der Waals surface area contributed by atoms with Crippen LogP contribution >= 0.6 is 7.26 Å². The van der Waals surface area contributed by atoms with Gasteiger partial charge in [-0.2, -0.15) is 0 Å². The molecule has 1 saturated heterocycles. The van der Waals surface area contributed by atoms with Gasteiger partial charge in [0.1, 0.15) is 23.2 Å². The van der Waals surface area contributed by atoms with E-state index >= 15 is 0 Å². The number of ether oxygens (including phenoxy) is 1. The van der Waals surface area contributed by atoms with E-state index in [9.17, 15) is 4.79 Å². The highest BCUT2D eigenvalue weighted by atomic mass is 31.2. The van der Waals surface area contributed by atoms with Gasteiger partial charge < -0.3 is 4.74 Å². The second-order valence-electron chi connectivity index (χ2n) is 6.20. The minimum absolute atomic E-state index is 0.0649. The maximum Gasteiger partial charge on any atom is 0.348 e. The molecule has 0 unspecified atom stereocenters. The lowest BCUT2D eigenvalue weighted by molar-refractivity contribution is -0.137. The molecule has 3 heteroatoms. The van der Waals surface area contributed by atoms with Crippen molar-refractivity contribution in [3.8, 4) is 0 Å². The van der Waals surface area contributed by atoms with Crippen LogP contribution in [0, 0.1) is 0 Å². The van der Waals surface area contributed by atoms with Crippen LogP contribution in [0.1, 0.15) is 6.42 Å². The summed E-state index contributed by atoms with van der Waals surface area (Å²) in [5, 5.41) is 3.70. The average molecular weight is 347 g/mol. The molecule has 0 radical (unpaired) electrons. The lowest BCUT2D eigenvalue weighted by Gasteiger charge is -2.30. The third-order valence-corrected chi connectivity index (χ3v) is 9.61. The Hall–Kier alpha value is -2.44. The van der Waals surface area contributed by atoms with Gasteiger partial charge in [0.2, 0.25) is 0 Å². The molecule has 1 aliphatic heterocycles. The molecule has 0 aromatic heterocycles. The first kappa shape index (κ1) is 16.1. The van der Waals surface area contributed by atoms with E-state index in [1.54, 1.807) is 0 Å². The molecule has 3 aromatic carbocycles. The predicted octanol–water partition coefficient (Wildman–Crippen LogP) is 3.30. The number of benzene rings is 3. The Morgan fingerprint density at radius 3 is 1.40 bits per heavy atom. The van der Waals surface area contributed by atoms with E-state index in [1.807, 2.05) is 18.2 Å².